The minimum Gasteiger partial charge on any atom is -0.352 e. The highest BCUT2D eigenvalue weighted by Crippen LogP contribution is 2.24. The molecule has 2 heterocycles. The largest absolute Gasteiger partial charge is 0.352 e. The number of pyridine rings is 1. The highest BCUT2D eigenvalue weighted by atomic mass is 32.2. The predicted molar refractivity (Wildman–Crippen MR) is 94.0 cm³/mol. The van der Waals surface area contributed by atoms with Crippen LogP contribution in [0.1, 0.15) is 18.4 Å². The minimum atomic E-state index is -3.66. The summed E-state index contributed by atoms with van der Waals surface area (Å²) < 4.78 is 39.5. The van der Waals surface area contributed by atoms with Crippen LogP contribution < -0.4 is 5.32 Å². The van der Waals surface area contributed by atoms with Crippen molar-refractivity contribution in [1.82, 2.24) is 14.6 Å². The van der Waals surface area contributed by atoms with Crippen molar-refractivity contribution in [2.24, 2.45) is 5.92 Å². The fourth-order valence-electron chi connectivity index (χ4n) is 2.95. The summed E-state index contributed by atoms with van der Waals surface area (Å²) in [4.78, 5) is 16.4. The van der Waals surface area contributed by atoms with Crippen molar-refractivity contribution in [3.05, 3.63) is 60.2 Å². The molecule has 0 unspecified atom stereocenters. The summed E-state index contributed by atoms with van der Waals surface area (Å²) in [7, 11) is -3.66. The van der Waals surface area contributed by atoms with Crippen molar-refractivity contribution in [3.8, 4) is 0 Å². The van der Waals surface area contributed by atoms with Crippen LogP contribution in [0, 0.1) is 11.7 Å². The first kappa shape index (κ1) is 18.5. The first-order valence-electron chi connectivity index (χ1n) is 8.39. The van der Waals surface area contributed by atoms with Gasteiger partial charge in [0.25, 0.3) is 0 Å². The molecule has 1 saturated heterocycles. The lowest BCUT2D eigenvalue weighted by molar-refractivity contribution is -0.126. The van der Waals surface area contributed by atoms with Gasteiger partial charge in [-0.2, -0.15) is 4.31 Å². The van der Waals surface area contributed by atoms with Gasteiger partial charge < -0.3 is 5.32 Å². The second-order valence-corrected chi connectivity index (χ2v) is 8.15. The molecule has 0 aliphatic carbocycles. The summed E-state index contributed by atoms with van der Waals surface area (Å²) in [6.07, 6.45) is 4.28. The third kappa shape index (κ3) is 4.25. The number of piperidine rings is 1. The van der Waals surface area contributed by atoms with Crippen LogP contribution in [0.3, 0.4) is 0 Å². The molecule has 2 aromatic rings. The Morgan fingerprint density at radius 1 is 1.19 bits per heavy atom. The van der Waals surface area contributed by atoms with Crippen molar-refractivity contribution < 1.29 is 17.6 Å². The maximum Gasteiger partial charge on any atom is 0.243 e. The van der Waals surface area contributed by atoms with E-state index in [1.807, 2.05) is 6.07 Å². The predicted octanol–water partition coefficient (Wildman–Crippen LogP) is 1.94. The van der Waals surface area contributed by atoms with Crippen molar-refractivity contribution in [1.29, 1.82) is 0 Å². The molecule has 26 heavy (non-hydrogen) atoms. The molecule has 0 saturated carbocycles. The molecule has 8 heteroatoms. The van der Waals surface area contributed by atoms with Crippen LogP contribution in [0.4, 0.5) is 4.39 Å². The van der Waals surface area contributed by atoms with Crippen LogP contribution in [-0.4, -0.2) is 36.7 Å². The van der Waals surface area contributed by atoms with Crippen molar-refractivity contribution in [3.63, 3.8) is 0 Å². The number of rotatable bonds is 5. The molecule has 1 amide bonds. The van der Waals surface area contributed by atoms with Crippen molar-refractivity contribution >= 4 is 15.9 Å². The van der Waals surface area contributed by atoms with Gasteiger partial charge in [-0.05, 0) is 48.7 Å². The molecule has 1 fully saturated rings. The zero-order chi connectivity index (χ0) is 18.6. The third-order valence-electron chi connectivity index (χ3n) is 4.47. The fraction of sp³-hybridized carbons (Fsp3) is 0.333. The normalized spacial score (nSPS) is 16.3. The Morgan fingerprint density at radius 3 is 2.50 bits per heavy atom. The molecular formula is C18H20FN3O3S. The number of nitrogens with one attached hydrogen (secondary N) is 1. The van der Waals surface area contributed by atoms with Gasteiger partial charge in [0.05, 0.1) is 4.90 Å². The van der Waals surface area contributed by atoms with Crippen LogP contribution in [0.2, 0.25) is 0 Å². The Kier molecular flexibility index (Phi) is 5.63. The number of amides is 1. The molecule has 0 bridgehead atoms. The van der Waals surface area contributed by atoms with Crippen molar-refractivity contribution in [2.45, 2.75) is 24.3 Å². The van der Waals surface area contributed by atoms with E-state index in [4.69, 9.17) is 0 Å². The van der Waals surface area contributed by atoms with E-state index in [0.717, 1.165) is 17.7 Å². The number of nitrogens with zero attached hydrogens (tertiary/aromatic N) is 2. The number of sulfonamides is 1. The lowest BCUT2D eigenvalue weighted by atomic mass is 9.97. The maximum atomic E-state index is 13.0. The standard InChI is InChI=1S/C18H20FN3O3S/c19-16-3-5-17(6-4-16)26(24,25)22-10-7-15(8-11-22)18(23)21-13-14-2-1-9-20-12-14/h1-6,9,12,15H,7-8,10-11,13H2,(H,21,23). The Balaban J connectivity index is 1.55. The summed E-state index contributed by atoms with van der Waals surface area (Å²) in [5, 5.41) is 2.87. The first-order valence-corrected chi connectivity index (χ1v) is 9.83. The molecule has 1 aliphatic rings. The molecule has 1 aromatic heterocycles. The summed E-state index contributed by atoms with van der Waals surface area (Å²) in [6, 6.07) is 8.47. The smallest absolute Gasteiger partial charge is 0.243 e. The third-order valence-corrected chi connectivity index (χ3v) is 6.38. The number of benzene rings is 1. The molecule has 3 rings (SSSR count). The molecule has 6 nitrogen and oxygen atoms in total. The average Bonchev–Trinajstić information content (AvgIpc) is 2.67. The van der Waals surface area contributed by atoms with Crippen LogP contribution in [0.25, 0.3) is 0 Å². The summed E-state index contributed by atoms with van der Waals surface area (Å²) in [5.41, 5.74) is 0.914. The van der Waals surface area contributed by atoms with Crippen LogP contribution in [-0.2, 0) is 21.4 Å². The van der Waals surface area contributed by atoms with E-state index in [-0.39, 0.29) is 29.8 Å². The topological polar surface area (TPSA) is 79.4 Å². The van der Waals surface area contributed by atoms with Crippen molar-refractivity contribution in [2.75, 3.05) is 13.1 Å². The van der Waals surface area contributed by atoms with E-state index in [0.29, 0.717) is 19.4 Å². The number of hydrogen-bond donors (Lipinski definition) is 1. The van der Waals surface area contributed by atoms with E-state index in [1.165, 1.54) is 16.4 Å². The average molecular weight is 377 g/mol. The number of halogens is 1. The van der Waals surface area contributed by atoms with E-state index in [9.17, 15) is 17.6 Å². The van der Waals surface area contributed by atoms with Gasteiger partial charge in [-0.1, -0.05) is 6.07 Å². The monoisotopic (exact) mass is 377 g/mol. The lowest BCUT2D eigenvalue weighted by Gasteiger charge is -2.30. The molecular weight excluding hydrogens is 357 g/mol. The van der Waals surface area contributed by atoms with E-state index in [1.54, 1.807) is 18.5 Å². The second kappa shape index (κ2) is 7.92. The number of carbonyl (C=O) groups is 1. The molecule has 138 valence electrons. The second-order valence-electron chi connectivity index (χ2n) is 6.21. The minimum absolute atomic E-state index is 0.0679. The number of aromatic nitrogens is 1. The highest BCUT2D eigenvalue weighted by Gasteiger charge is 2.31. The first-order chi connectivity index (χ1) is 12.5. The molecule has 1 aromatic carbocycles. The molecule has 1 aliphatic heterocycles. The quantitative estimate of drug-likeness (QED) is 0.864. The Morgan fingerprint density at radius 2 is 1.88 bits per heavy atom. The zero-order valence-electron chi connectivity index (χ0n) is 14.1. The Bertz CT molecular complexity index is 849. The van der Waals surface area contributed by atoms with Gasteiger partial charge in [0.2, 0.25) is 15.9 Å². The van der Waals surface area contributed by atoms with Gasteiger partial charge in [-0.3, -0.25) is 9.78 Å². The maximum absolute atomic E-state index is 13.0. The van der Waals surface area contributed by atoms with Gasteiger partial charge in [0.15, 0.2) is 0 Å². The Labute approximate surface area is 152 Å². The van der Waals surface area contributed by atoms with Gasteiger partial charge in [-0.15, -0.1) is 0 Å². The fourth-order valence-corrected chi connectivity index (χ4v) is 4.42. The van der Waals surface area contributed by atoms with Crippen LogP contribution in [0.5, 0.6) is 0 Å². The van der Waals surface area contributed by atoms with Gasteiger partial charge in [-0.25, -0.2) is 12.8 Å². The Hall–Kier alpha value is -2.32. The molecule has 1 N–H and O–H groups in total. The number of hydrogen-bond acceptors (Lipinski definition) is 4. The van der Waals surface area contributed by atoms with Crippen LogP contribution >= 0.6 is 0 Å². The lowest BCUT2D eigenvalue weighted by Crippen LogP contribution is -2.42. The van der Waals surface area contributed by atoms with E-state index >= 15 is 0 Å². The number of carbonyl (C=O) groups excluding carboxylic acids is 1. The van der Waals surface area contributed by atoms with Gasteiger partial charge >= 0.3 is 0 Å². The summed E-state index contributed by atoms with van der Waals surface area (Å²) >= 11 is 0. The summed E-state index contributed by atoms with van der Waals surface area (Å²) in [5.74, 6) is -0.771. The van der Waals surface area contributed by atoms with Gasteiger partial charge in [0, 0.05) is 37.9 Å². The molecule has 0 atom stereocenters. The SMILES string of the molecule is O=C(NCc1cccnc1)C1CCN(S(=O)(=O)c2ccc(F)cc2)CC1. The van der Waals surface area contributed by atoms with Crippen LogP contribution in [0.15, 0.2) is 53.7 Å². The highest BCUT2D eigenvalue weighted by molar-refractivity contribution is 7.89. The molecule has 0 spiro atoms. The molecule has 0 radical (unpaired) electrons. The summed E-state index contributed by atoms with van der Waals surface area (Å²) in [6.45, 7) is 0.941. The van der Waals surface area contributed by atoms with E-state index < -0.39 is 15.8 Å². The zero-order valence-corrected chi connectivity index (χ0v) is 15.0. The van der Waals surface area contributed by atoms with Gasteiger partial charge in [0.1, 0.15) is 5.82 Å². The van der Waals surface area contributed by atoms with E-state index in [2.05, 4.69) is 10.3 Å².